The number of rotatable bonds is 7. The molecule has 19 heavy (non-hydrogen) atoms. The molecule has 0 aliphatic rings. The molecule has 0 aliphatic carbocycles. The summed E-state index contributed by atoms with van der Waals surface area (Å²) in [5, 5.41) is 16.7. The fourth-order valence-electron chi connectivity index (χ4n) is 1.32. The van der Waals surface area contributed by atoms with Crippen LogP contribution in [0.2, 0.25) is 0 Å². The fraction of sp³-hybridized carbons (Fsp3) is 0.545. The number of ether oxygens (including phenoxy) is 1. The first-order chi connectivity index (χ1) is 9.02. The monoisotopic (exact) mass is 287 g/mol. The molecular formula is C11H17N3O4S. The first-order valence-corrected chi connectivity index (χ1v) is 6.59. The number of hydrogen-bond donors (Lipinski definition) is 3. The minimum Gasteiger partial charge on any atom is -0.479 e. The van der Waals surface area contributed by atoms with Crippen molar-refractivity contribution in [3.63, 3.8) is 0 Å². The Labute approximate surface area is 115 Å². The molecule has 0 radical (unpaired) electrons. The van der Waals surface area contributed by atoms with Crippen LogP contribution < -0.4 is 10.6 Å². The van der Waals surface area contributed by atoms with E-state index in [0.717, 1.165) is 10.7 Å². The summed E-state index contributed by atoms with van der Waals surface area (Å²) >= 11 is 1.55. The number of aryl methyl sites for hydroxylation is 1. The molecule has 0 bridgehead atoms. The largest absolute Gasteiger partial charge is 0.479 e. The molecule has 1 atom stereocenters. The summed E-state index contributed by atoms with van der Waals surface area (Å²) in [5.41, 5.74) is 0.967. The highest BCUT2D eigenvalue weighted by Gasteiger charge is 2.16. The Morgan fingerprint density at radius 1 is 1.53 bits per heavy atom. The molecule has 0 aromatic carbocycles. The Bertz CT molecular complexity index is 435. The third-order valence-corrected chi connectivity index (χ3v) is 3.33. The third kappa shape index (κ3) is 5.66. The lowest BCUT2D eigenvalue weighted by atomic mass is 10.3. The Morgan fingerprint density at radius 2 is 2.26 bits per heavy atom. The molecule has 1 aromatic heterocycles. The topological polar surface area (TPSA) is 101 Å². The Hall–Kier alpha value is -1.67. The van der Waals surface area contributed by atoms with E-state index >= 15 is 0 Å². The second-order valence-corrected chi connectivity index (χ2v) is 4.77. The van der Waals surface area contributed by atoms with Crippen molar-refractivity contribution in [2.45, 2.75) is 19.4 Å². The van der Waals surface area contributed by atoms with Gasteiger partial charge in [-0.2, -0.15) is 0 Å². The van der Waals surface area contributed by atoms with E-state index in [-0.39, 0.29) is 6.54 Å². The molecule has 0 saturated heterocycles. The Balaban J connectivity index is 2.19. The zero-order chi connectivity index (χ0) is 14.3. The number of aromatic nitrogens is 1. The van der Waals surface area contributed by atoms with Gasteiger partial charge in [-0.05, 0) is 6.92 Å². The molecule has 1 heterocycles. The SMILES string of the molecule is COC(CNC(=O)NCCc1nc(C)cs1)C(=O)O. The lowest BCUT2D eigenvalue weighted by Gasteiger charge is -2.11. The number of carboxylic acid groups (broad SMARTS) is 1. The van der Waals surface area contributed by atoms with Crippen molar-refractivity contribution in [3.05, 3.63) is 16.1 Å². The molecule has 106 valence electrons. The summed E-state index contributed by atoms with van der Waals surface area (Å²) in [7, 11) is 1.28. The fourth-order valence-corrected chi connectivity index (χ4v) is 2.10. The predicted molar refractivity (Wildman–Crippen MR) is 70.4 cm³/mol. The van der Waals surface area contributed by atoms with Gasteiger partial charge in [0.25, 0.3) is 0 Å². The maximum atomic E-state index is 11.4. The van der Waals surface area contributed by atoms with Gasteiger partial charge in [0, 0.05) is 31.1 Å². The second-order valence-electron chi connectivity index (χ2n) is 3.83. The molecule has 8 heteroatoms. The van der Waals surface area contributed by atoms with Crippen LogP contribution in [-0.4, -0.2) is 48.4 Å². The summed E-state index contributed by atoms with van der Waals surface area (Å²) in [5.74, 6) is -1.11. The van der Waals surface area contributed by atoms with E-state index in [0.29, 0.717) is 13.0 Å². The molecule has 0 saturated carbocycles. The molecule has 0 spiro atoms. The lowest BCUT2D eigenvalue weighted by Crippen LogP contribution is -2.43. The number of hydrogen-bond acceptors (Lipinski definition) is 5. The number of aliphatic carboxylic acids is 1. The summed E-state index contributed by atoms with van der Waals surface area (Å²) in [6.07, 6.45) is -0.383. The first-order valence-electron chi connectivity index (χ1n) is 5.71. The molecule has 1 aromatic rings. The standard InChI is InChI=1S/C11H17N3O4S/c1-7-6-19-9(14-7)3-4-12-11(17)13-5-8(18-2)10(15)16/h6,8H,3-5H2,1-2H3,(H,15,16)(H2,12,13,17). The van der Waals surface area contributed by atoms with Gasteiger partial charge < -0.3 is 20.5 Å². The van der Waals surface area contributed by atoms with Crippen molar-refractivity contribution in [1.29, 1.82) is 0 Å². The molecule has 0 fully saturated rings. The number of nitrogens with zero attached hydrogens (tertiary/aromatic N) is 1. The van der Waals surface area contributed by atoms with Crippen LogP contribution in [0.5, 0.6) is 0 Å². The minimum absolute atomic E-state index is 0.0754. The summed E-state index contributed by atoms with van der Waals surface area (Å²) in [6.45, 7) is 2.29. The maximum Gasteiger partial charge on any atom is 0.334 e. The van der Waals surface area contributed by atoms with E-state index in [1.165, 1.54) is 7.11 Å². The molecular weight excluding hydrogens is 270 g/mol. The number of urea groups is 1. The highest BCUT2D eigenvalue weighted by Crippen LogP contribution is 2.08. The summed E-state index contributed by atoms with van der Waals surface area (Å²) < 4.78 is 4.69. The van der Waals surface area contributed by atoms with Crippen LogP contribution in [0.3, 0.4) is 0 Å². The van der Waals surface area contributed by atoms with E-state index in [1.807, 2.05) is 12.3 Å². The quantitative estimate of drug-likeness (QED) is 0.673. The number of nitrogens with one attached hydrogen (secondary N) is 2. The zero-order valence-corrected chi connectivity index (χ0v) is 11.6. The molecule has 7 nitrogen and oxygen atoms in total. The minimum atomic E-state index is -1.11. The summed E-state index contributed by atoms with van der Waals surface area (Å²) in [4.78, 5) is 26.3. The smallest absolute Gasteiger partial charge is 0.334 e. The van der Waals surface area contributed by atoms with Crippen LogP contribution in [0, 0.1) is 6.92 Å². The van der Waals surface area contributed by atoms with Gasteiger partial charge in [0.15, 0.2) is 6.10 Å². The van der Waals surface area contributed by atoms with Crippen molar-refractivity contribution in [3.8, 4) is 0 Å². The number of carbonyl (C=O) groups is 2. The highest BCUT2D eigenvalue weighted by molar-refractivity contribution is 7.09. The maximum absolute atomic E-state index is 11.4. The molecule has 3 N–H and O–H groups in total. The lowest BCUT2D eigenvalue weighted by molar-refractivity contribution is -0.147. The van der Waals surface area contributed by atoms with Gasteiger partial charge in [0.1, 0.15) is 0 Å². The van der Waals surface area contributed by atoms with Gasteiger partial charge in [0.05, 0.1) is 11.6 Å². The number of methoxy groups -OCH3 is 1. The first kappa shape index (κ1) is 15.4. The summed E-state index contributed by atoms with van der Waals surface area (Å²) in [6, 6.07) is -0.420. The second kappa shape index (κ2) is 7.70. The third-order valence-electron chi connectivity index (χ3n) is 2.30. The van der Waals surface area contributed by atoms with Gasteiger partial charge in [-0.15, -0.1) is 11.3 Å². The van der Waals surface area contributed by atoms with E-state index < -0.39 is 18.1 Å². The Morgan fingerprint density at radius 3 is 2.79 bits per heavy atom. The molecule has 2 amide bonds. The van der Waals surface area contributed by atoms with Gasteiger partial charge in [0.2, 0.25) is 0 Å². The normalized spacial score (nSPS) is 11.9. The van der Waals surface area contributed by atoms with Crippen molar-refractivity contribution in [2.75, 3.05) is 20.2 Å². The van der Waals surface area contributed by atoms with Gasteiger partial charge >= 0.3 is 12.0 Å². The Kier molecular flexibility index (Phi) is 6.23. The van der Waals surface area contributed by atoms with Crippen LogP contribution in [0.25, 0.3) is 0 Å². The van der Waals surface area contributed by atoms with E-state index in [2.05, 4.69) is 20.4 Å². The van der Waals surface area contributed by atoms with E-state index in [9.17, 15) is 9.59 Å². The van der Waals surface area contributed by atoms with Crippen molar-refractivity contribution < 1.29 is 19.4 Å². The van der Waals surface area contributed by atoms with Crippen LogP contribution in [0.15, 0.2) is 5.38 Å². The van der Waals surface area contributed by atoms with E-state index in [1.54, 1.807) is 11.3 Å². The number of carbonyl (C=O) groups excluding carboxylic acids is 1. The van der Waals surface area contributed by atoms with Crippen molar-refractivity contribution in [1.82, 2.24) is 15.6 Å². The van der Waals surface area contributed by atoms with Crippen LogP contribution in [0.1, 0.15) is 10.7 Å². The predicted octanol–water partition coefficient (Wildman–Crippen LogP) is 0.393. The molecule has 1 unspecified atom stereocenters. The highest BCUT2D eigenvalue weighted by atomic mass is 32.1. The molecule has 0 aliphatic heterocycles. The molecule has 1 rings (SSSR count). The van der Waals surface area contributed by atoms with E-state index in [4.69, 9.17) is 5.11 Å². The average molecular weight is 287 g/mol. The number of carboxylic acids is 1. The van der Waals surface area contributed by atoms with Gasteiger partial charge in [-0.3, -0.25) is 0 Å². The van der Waals surface area contributed by atoms with Crippen LogP contribution in [-0.2, 0) is 16.0 Å². The number of amides is 2. The van der Waals surface area contributed by atoms with Crippen molar-refractivity contribution >= 4 is 23.3 Å². The zero-order valence-electron chi connectivity index (χ0n) is 10.8. The number of thiazole rings is 1. The van der Waals surface area contributed by atoms with Crippen LogP contribution in [0.4, 0.5) is 4.79 Å². The van der Waals surface area contributed by atoms with Crippen LogP contribution >= 0.6 is 11.3 Å². The van der Waals surface area contributed by atoms with Gasteiger partial charge in [-0.25, -0.2) is 14.6 Å². The van der Waals surface area contributed by atoms with Gasteiger partial charge in [-0.1, -0.05) is 0 Å². The van der Waals surface area contributed by atoms with Crippen molar-refractivity contribution in [2.24, 2.45) is 0 Å². The average Bonchev–Trinajstić information content (AvgIpc) is 2.75.